The van der Waals surface area contributed by atoms with E-state index in [1.807, 2.05) is 0 Å². The van der Waals surface area contributed by atoms with Gasteiger partial charge in [-0.15, -0.1) is 23.2 Å². The summed E-state index contributed by atoms with van der Waals surface area (Å²) in [6.45, 7) is 0. The number of allylic oxidation sites excluding steroid dienone is 2. The number of fused-ring (bicyclic) bond motifs is 4. The zero-order chi connectivity index (χ0) is 30.3. The summed E-state index contributed by atoms with van der Waals surface area (Å²) < 4.78 is 5.31. The fourth-order valence-corrected chi connectivity index (χ4v) is 8.51. The van der Waals surface area contributed by atoms with Gasteiger partial charge in [-0.25, -0.2) is 0 Å². The van der Waals surface area contributed by atoms with E-state index in [1.54, 1.807) is 12.1 Å². The average Bonchev–Trinajstić information content (AvgIpc) is 3.31. The van der Waals surface area contributed by atoms with Gasteiger partial charge in [-0.1, -0.05) is 45.8 Å². The number of likely N-dealkylation sites (tertiary alicyclic amines) is 1. The van der Waals surface area contributed by atoms with Crippen LogP contribution in [-0.2, 0) is 19.2 Å². The Labute approximate surface area is 259 Å². The molecule has 2 saturated heterocycles. The average molecular weight is 678 g/mol. The maximum Gasteiger partial charge on any atom is 0.488 e. The smallest absolute Gasteiger partial charge is 0.488 e. The second kappa shape index (κ2) is 10.1. The van der Waals surface area contributed by atoms with Gasteiger partial charge >= 0.3 is 7.12 Å². The molecule has 0 spiro atoms. The quantitative estimate of drug-likeness (QED) is 0.143. The Bertz CT molecular complexity index is 1590. The first kappa shape index (κ1) is 29.2. The highest BCUT2D eigenvalue weighted by Gasteiger charge is 2.76. The maximum absolute atomic E-state index is 14.1. The lowest BCUT2D eigenvalue weighted by Crippen LogP contribution is -2.60. The number of carbonyl (C=O) groups is 4. The van der Waals surface area contributed by atoms with Gasteiger partial charge in [-0.3, -0.25) is 29.0 Å². The van der Waals surface area contributed by atoms with Gasteiger partial charge in [0.05, 0.1) is 30.1 Å². The minimum Gasteiger partial charge on any atom is -0.504 e. The highest BCUT2D eigenvalue weighted by atomic mass is 79.9. The van der Waals surface area contributed by atoms with Gasteiger partial charge in [-0.2, -0.15) is 0 Å². The third kappa shape index (κ3) is 3.78. The van der Waals surface area contributed by atoms with Crippen molar-refractivity contribution >= 4 is 81.0 Å². The topological polar surface area (TPSA) is 145 Å². The molecule has 0 bridgehead atoms. The number of halogens is 3. The van der Waals surface area contributed by atoms with Crippen LogP contribution in [0.15, 0.2) is 54.1 Å². The summed E-state index contributed by atoms with van der Waals surface area (Å²) in [6.07, 6.45) is 1.79. The summed E-state index contributed by atoms with van der Waals surface area (Å²) in [5.41, 5.74) is 1.18. The molecule has 0 aromatic heterocycles. The fraction of sp³-hybridized carbons (Fsp3) is 0.357. The molecule has 218 valence electrons. The summed E-state index contributed by atoms with van der Waals surface area (Å²) in [6, 6.07) is 10.3. The number of nitrogens with zero attached hydrogens (tertiary/aromatic N) is 2. The normalized spacial score (nSPS) is 32.0. The van der Waals surface area contributed by atoms with Crippen LogP contribution in [0.3, 0.4) is 0 Å². The molecule has 2 heterocycles. The zero-order valence-corrected chi connectivity index (χ0v) is 25.1. The van der Waals surface area contributed by atoms with Crippen LogP contribution in [0.25, 0.3) is 0 Å². The molecule has 4 aliphatic rings. The number of phenols is 1. The number of amides is 4. The van der Waals surface area contributed by atoms with E-state index < -0.39 is 64.2 Å². The number of hydrogen-bond donors (Lipinski definition) is 3. The largest absolute Gasteiger partial charge is 0.504 e. The van der Waals surface area contributed by atoms with Crippen LogP contribution in [0, 0.1) is 17.8 Å². The third-order valence-corrected chi connectivity index (χ3v) is 10.9. The second-order valence-corrected chi connectivity index (χ2v) is 12.6. The number of rotatable bonds is 5. The van der Waals surface area contributed by atoms with E-state index in [2.05, 4.69) is 15.9 Å². The van der Waals surface area contributed by atoms with Crippen molar-refractivity contribution in [1.82, 2.24) is 4.90 Å². The molecule has 10 nitrogen and oxygen atoms in total. The molecule has 2 aliphatic heterocycles. The highest BCUT2D eigenvalue weighted by molar-refractivity contribution is 9.09. The molecule has 4 amide bonds. The first-order valence-electron chi connectivity index (χ1n) is 13.1. The summed E-state index contributed by atoms with van der Waals surface area (Å²) in [4.78, 5) is 53.3. The van der Waals surface area contributed by atoms with Gasteiger partial charge in [0.15, 0.2) is 21.2 Å². The molecule has 14 heteroatoms. The van der Waals surface area contributed by atoms with Crippen molar-refractivity contribution in [3.05, 3.63) is 59.7 Å². The van der Waals surface area contributed by atoms with Gasteiger partial charge in [-0.05, 0) is 54.1 Å². The first-order chi connectivity index (χ1) is 19.9. The van der Waals surface area contributed by atoms with Crippen molar-refractivity contribution in [2.24, 2.45) is 17.8 Å². The minimum atomic E-state index is -1.98. The van der Waals surface area contributed by atoms with Crippen LogP contribution in [0.1, 0.15) is 24.3 Å². The lowest BCUT2D eigenvalue weighted by molar-refractivity contribution is -0.138. The van der Waals surface area contributed by atoms with Gasteiger partial charge < -0.3 is 19.9 Å². The molecule has 42 heavy (non-hydrogen) atoms. The van der Waals surface area contributed by atoms with Crippen LogP contribution in [0.2, 0.25) is 0 Å². The van der Waals surface area contributed by atoms with Crippen molar-refractivity contribution in [3.63, 3.8) is 0 Å². The van der Waals surface area contributed by atoms with E-state index in [0.29, 0.717) is 11.1 Å². The van der Waals surface area contributed by atoms with Crippen molar-refractivity contribution in [2.75, 3.05) is 17.5 Å². The van der Waals surface area contributed by atoms with E-state index in [4.69, 9.17) is 27.9 Å². The van der Waals surface area contributed by atoms with E-state index >= 15 is 0 Å². The summed E-state index contributed by atoms with van der Waals surface area (Å²) in [5, 5.41) is 29.6. The molecule has 2 aromatic carbocycles. The molecule has 1 saturated carbocycles. The molecule has 6 rings (SSSR count). The molecule has 3 N–H and O–H groups in total. The number of phenolic OH excluding ortho intramolecular Hbond substituents is 1. The van der Waals surface area contributed by atoms with Crippen LogP contribution >= 0.6 is 39.1 Å². The summed E-state index contributed by atoms with van der Waals surface area (Å²) >= 11 is 17.6. The number of ether oxygens (including phenoxy) is 1. The fourth-order valence-electron chi connectivity index (χ4n) is 7.08. The minimum absolute atomic E-state index is 0.109. The van der Waals surface area contributed by atoms with Crippen LogP contribution < -0.4 is 15.1 Å². The van der Waals surface area contributed by atoms with Crippen molar-refractivity contribution in [1.29, 1.82) is 0 Å². The van der Waals surface area contributed by atoms with Gasteiger partial charge in [0.2, 0.25) is 11.8 Å². The van der Waals surface area contributed by atoms with Crippen molar-refractivity contribution in [3.8, 4) is 11.5 Å². The Kier molecular flexibility index (Phi) is 7.01. The predicted octanol–water partition coefficient (Wildman–Crippen LogP) is 2.00. The van der Waals surface area contributed by atoms with Crippen LogP contribution in [0.4, 0.5) is 5.69 Å². The molecule has 6 atom stereocenters. The Morgan fingerprint density at radius 3 is 2.45 bits per heavy atom. The number of carbonyl (C=O) groups excluding carboxylic acids is 4. The molecule has 2 aliphatic carbocycles. The molecular weight excluding hydrogens is 654 g/mol. The van der Waals surface area contributed by atoms with Gasteiger partial charge in [0, 0.05) is 5.92 Å². The molecule has 0 radical (unpaired) electrons. The Hall–Kier alpha value is -2.90. The Morgan fingerprint density at radius 1 is 1.05 bits per heavy atom. The van der Waals surface area contributed by atoms with Crippen LogP contribution in [0.5, 0.6) is 11.5 Å². The SMILES string of the molecule is COc1cc([C@H]2C3=CC[C@@H]4C(=O)N(c5cccc(B(O)O)c5)C(=O)[C@@H]4[C@@H]3C[C@@]3(Cl)C(=O)N(CBr)C(=O)[C@@]23Cl)ccc1O. The van der Waals surface area contributed by atoms with E-state index in [0.717, 1.165) is 9.80 Å². The number of anilines is 1. The van der Waals surface area contributed by atoms with Gasteiger partial charge in [0.1, 0.15) is 0 Å². The first-order valence-corrected chi connectivity index (χ1v) is 15.0. The van der Waals surface area contributed by atoms with E-state index in [1.165, 1.54) is 43.5 Å². The Balaban J connectivity index is 1.51. The molecular formula is C28H24BBrCl2N2O8. The predicted molar refractivity (Wildman–Crippen MR) is 157 cm³/mol. The lowest BCUT2D eigenvalue weighted by atomic mass is 9.56. The standard InChI is InChI=1S/C28H24BBrCl2N2O8/c1-42-20-9-13(5-8-19(20)35)22-16-6-7-17-21(18(16)11-27(31)25(38)33(12-30)26(39)28(22,27)32)24(37)34(23(17)36)15-4-2-3-14(10-15)29(40)41/h2-6,8-10,17-18,21-22,35,40-41H,7,11-12H2,1H3/t17-,18+,21-,22-,27+,28-/m0/s1. The Morgan fingerprint density at radius 2 is 1.79 bits per heavy atom. The van der Waals surface area contributed by atoms with Crippen LogP contribution in [-0.4, -0.2) is 73.1 Å². The zero-order valence-electron chi connectivity index (χ0n) is 22.0. The summed E-state index contributed by atoms with van der Waals surface area (Å²) in [5.74, 6) is -5.86. The van der Waals surface area contributed by atoms with E-state index in [-0.39, 0.29) is 40.9 Å². The number of imide groups is 2. The van der Waals surface area contributed by atoms with E-state index in [9.17, 15) is 34.3 Å². The maximum atomic E-state index is 14.1. The number of alkyl halides is 3. The number of methoxy groups -OCH3 is 1. The van der Waals surface area contributed by atoms with Crippen molar-refractivity contribution in [2.45, 2.75) is 28.5 Å². The lowest BCUT2D eigenvalue weighted by Gasteiger charge is -2.50. The number of hydrogen-bond acceptors (Lipinski definition) is 8. The highest BCUT2D eigenvalue weighted by Crippen LogP contribution is 2.65. The van der Waals surface area contributed by atoms with Crippen molar-refractivity contribution < 1.29 is 39.1 Å². The number of aromatic hydroxyl groups is 1. The third-order valence-electron chi connectivity index (χ3n) is 8.98. The second-order valence-electron chi connectivity index (χ2n) is 10.9. The number of benzene rings is 2. The molecule has 3 fully saturated rings. The molecule has 2 aromatic rings. The monoisotopic (exact) mass is 676 g/mol. The molecule has 0 unspecified atom stereocenters. The van der Waals surface area contributed by atoms with Gasteiger partial charge in [0.25, 0.3) is 11.8 Å². The summed E-state index contributed by atoms with van der Waals surface area (Å²) in [7, 11) is -0.431.